The largest absolute Gasteiger partial charge is 0.464 e. The van der Waals surface area contributed by atoms with Gasteiger partial charge in [0.05, 0.1) is 7.11 Å². The van der Waals surface area contributed by atoms with E-state index in [1.165, 1.54) is 19.2 Å². The Hall–Kier alpha value is -1.29. The fourth-order valence-electron chi connectivity index (χ4n) is 2.21. The maximum Gasteiger partial charge on any atom is 0.354 e. The Balaban J connectivity index is 2.46. The third-order valence-corrected chi connectivity index (χ3v) is 2.96. The van der Waals surface area contributed by atoms with Crippen LogP contribution in [0, 0.1) is 0 Å². The summed E-state index contributed by atoms with van der Waals surface area (Å²) in [6.07, 6.45) is 3.32. The summed E-state index contributed by atoms with van der Waals surface area (Å²) in [5, 5.41) is 0. The maximum absolute atomic E-state index is 11.5. The quantitative estimate of drug-likeness (QED) is 0.740. The van der Waals surface area contributed by atoms with Gasteiger partial charge in [-0.25, -0.2) is 4.79 Å². The molecule has 1 aliphatic rings. The molecule has 4 nitrogen and oxygen atoms in total. The van der Waals surface area contributed by atoms with E-state index in [1.54, 1.807) is 0 Å². The number of esters is 1. The number of carbonyl (C=O) groups excluding carboxylic acids is 1. The highest BCUT2D eigenvalue weighted by Crippen LogP contribution is 2.23. The van der Waals surface area contributed by atoms with Crippen LogP contribution in [0.3, 0.4) is 0 Å². The third-order valence-electron chi connectivity index (χ3n) is 2.96. The molecule has 2 N–H and O–H groups in total. The van der Waals surface area contributed by atoms with E-state index >= 15 is 0 Å². The first-order valence-corrected chi connectivity index (χ1v) is 5.27. The summed E-state index contributed by atoms with van der Waals surface area (Å²) in [7, 11) is 1.41. The predicted molar refractivity (Wildman–Crippen MR) is 56.6 cm³/mol. The molecule has 1 aromatic heterocycles. The minimum atomic E-state index is -0.266. The highest BCUT2D eigenvalue weighted by atomic mass is 16.5. The number of carbonyl (C=O) groups is 1. The van der Waals surface area contributed by atoms with Gasteiger partial charge in [-0.05, 0) is 30.9 Å². The van der Waals surface area contributed by atoms with Crippen molar-refractivity contribution in [2.75, 3.05) is 7.11 Å². The summed E-state index contributed by atoms with van der Waals surface area (Å²) in [5.41, 5.74) is 8.60. The maximum atomic E-state index is 11.5. The summed E-state index contributed by atoms with van der Waals surface area (Å²) in [6, 6.07) is 1.87. The van der Waals surface area contributed by atoms with Crippen LogP contribution in [0.15, 0.2) is 6.07 Å². The van der Waals surface area contributed by atoms with Gasteiger partial charge >= 0.3 is 5.97 Å². The Morgan fingerprint density at radius 3 is 3.07 bits per heavy atom. The SMILES string of the molecule is COC(=O)c1cc(CN)c2n1CCCC2. The summed E-state index contributed by atoms with van der Waals surface area (Å²) in [5.74, 6) is -0.266. The number of fused-ring (bicyclic) bond motifs is 1. The van der Waals surface area contributed by atoms with Crippen molar-refractivity contribution in [2.45, 2.75) is 32.4 Å². The highest BCUT2D eigenvalue weighted by Gasteiger charge is 2.21. The zero-order valence-electron chi connectivity index (χ0n) is 8.95. The van der Waals surface area contributed by atoms with Crippen LogP contribution >= 0.6 is 0 Å². The van der Waals surface area contributed by atoms with Crippen molar-refractivity contribution >= 4 is 5.97 Å². The minimum Gasteiger partial charge on any atom is -0.464 e. The van der Waals surface area contributed by atoms with Gasteiger partial charge in [0.15, 0.2) is 0 Å². The van der Waals surface area contributed by atoms with Crippen LogP contribution in [0.25, 0.3) is 0 Å². The number of nitrogens with zero attached hydrogens (tertiary/aromatic N) is 1. The molecule has 2 rings (SSSR count). The number of hydrogen-bond donors (Lipinski definition) is 1. The zero-order chi connectivity index (χ0) is 10.8. The van der Waals surface area contributed by atoms with E-state index in [2.05, 4.69) is 4.57 Å². The van der Waals surface area contributed by atoms with Gasteiger partial charge < -0.3 is 15.0 Å². The molecule has 0 aromatic carbocycles. The molecule has 0 saturated heterocycles. The number of nitrogens with two attached hydrogens (primary N) is 1. The molecule has 2 heterocycles. The molecule has 0 atom stereocenters. The second kappa shape index (κ2) is 4.06. The smallest absolute Gasteiger partial charge is 0.354 e. The van der Waals surface area contributed by atoms with E-state index < -0.39 is 0 Å². The summed E-state index contributed by atoms with van der Waals surface area (Å²) in [6.45, 7) is 1.39. The lowest BCUT2D eigenvalue weighted by molar-refractivity contribution is 0.0587. The monoisotopic (exact) mass is 208 g/mol. The van der Waals surface area contributed by atoms with Gasteiger partial charge in [-0.1, -0.05) is 0 Å². The second-order valence-electron chi connectivity index (χ2n) is 3.81. The summed E-state index contributed by atoms with van der Waals surface area (Å²) >= 11 is 0. The van der Waals surface area contributed by atoms with Crippen molar-refractivity contribution in [3.05, 3.63) is 23.0 Å². The van der Waals surface area contributed by atoms with Crippen molar-refractivity contribution in [3.8, 4) is 0 Å². The van der Waals surface area contributed by atoms with Crippen LogP contribution in [0.1, 0.15) is 34.6 Å². The second-order valence-corrected chi connectivity index (χ2v) is 3.81. The Morgan fingerprint density at radius 2 is 2.40 bits per heavy atom. The van der Waals surface area contributed by atoms with E-state index in [9.17, 15) is 4.79 Å². The van der Waals surface area contributed by atoms with Crippen molar-refractivity contribution < 1.29 is 9.53 Å². The molecule has 0 amide bonds. The van der Waals surface area contributed by atoms with Crippen molar-refractivity contribution in [2.24, 2.45) is 5.73 Å². The van der Waals surface area contributed by atoms with Gasteiger partial charge in [-0.15, -0.1) is 0 Å². The van der Waals surface area contributed by atoms with Crippen LogP contribution in [-0.2, 0) is 24.2 Å². The lowest BCUT2D eigenvalue weighted by Crippen LogP contribution is -2.17. The number of methoxy groups -OCH3 is 1. The lowest BCUT2D eigenvalue weighted by atomic mass is 10.1. The van der Waals surface area contributed by atoms with Crippen LogP contribution in [0.5, 0.6) is 0 Å². The lowest BCUT2D eigenvalue weighted by Gasteiger charge is -2.18. The normalized spacial score (nSPS) is 14.8. The molecular formula is C11H16N2O2. The van der Waals surface area contributed by atoms with Crippen LogP contribution < -0.4 is 5.73 Å². The highest BCUT2D eigenvalue weighted by molar-refractivity contribution is 5.88. The molecule has 0 fully saturated rings. The standard InChI is InChI=1S/C11H16N2O2/c1-15-11(14)10-6-8(7-12)9-4-2-3-5-13(9)10/h6H,2-5,7,12H2,1H3. The molecular weight excluding hydrogens is 192 g/mol. The van der Waals surface area contributed by atoms with Crippen molar-refractivity contribution in [3.63, 3.8) is 0 Å². The number of rotatable bonds is 2. The molecule has 0 unspecified atom stereocenters. The Kier molecular flexibility index (Phi) is 2.77. The van der Waals surface area contributed by atoms with Crippen molar-refractivity contribution in [1.82, 2.24) is 4.57 Å². The van der Waals surface area contributed by atoms with E-state index in [0.717, 1.165) is 24.9 Å². The molecule has 15 heavy (non-hydrogen) atoms. The fraction of sp³-hybridized carbons (Fsp3) is 0.545. The van der Waals surface area contributed by atoms with Crippen molar-refractivity contribution in [1.29, 1.82) is 0 Å². The van der Waals surface area contributed by atoms with Gasteiger partial charge in [0.25, 0.3) is 0 Å². The first-order valence-electron chi connectivity index (χ1n) is 5.27. The summed E-state index contributed by atoms with van der Waals surface area (Å²) in [4.78, 5) is 11.5. The van der Waals surface area contributed by atoms with Crippen LogP contribution in [0.2, 0.25) is 0 Å². The van der Waals surface area contributed by atoms with Gasteiger partial charge in [-0.3, -0.25) is 0 Å². The summed E-state index contributed by atoms with van der Waals surface area (Å²) < 4.78 is 6.81. The van der Waals surface area contributed by atoms with E-state index in [-0.39, 0.29) is 5.97 Å². The molecule has 0 spiro atoms. The molecule has 0 radical (unpaired) electrons. The van der Waals surface area contributed by atoms with E-state index in [0.29, 0.717) is 12.2 Å². The molecule has 4 heteroatoms. The molecule has 82 valence electrons. The average Bonchev–Trinajstić information content (AvgIpc) is 2.67. The minimum absolute atomic E-state index is 0.266. The first kappa shape index (κ1) is 10.2. The number of aromatic nitrogens is 1. The van der Waals surface area contributed by atoms with Gasteiger partial charge in [0, 0.05) is 18.8 Å². The van der Waals surface area contributed by atoms with Gasteiger partial charge in [0.2, 0.25) is 0 Å². The Morgan fingerprint density at radius 1 is 1.60 bits per heavy atom. The van der Waals surface area contributed by atoms with Gasteiger partial charge in [0.1, 0.15) is 5.69 Å². The number of ether oxygens (including phenoxy) is 1. The molecule has 0 bridgehead atoms. The van der Waals surface area contributed by atoms with Crippen LogP contribution in [0.4, 0.5) is 0 Å². The predicted octanol–water partition coefficient (Wildman–Crippen LogP) is 1.07. The third kappa shape index (κ3) is 1.65. The topological polar surface area (TPSA) is 57.2 Å². The molecule has 0 saturated carbocycles. The Labute approximate surface area is 89.0 Å². The van der Waals surface area contributed by atoms with E-state index in [1.807, 2.05) is 6.07 Å². The average molecular weight is 208 g/mol. The van der Waals surface area contributed by atoms with E-state index in [4.69, 9.17) is 10.5 Å². The molecule has 1 aliphatic heterocycles. The van der Waals surface area contributed by atoms with Gasteiger partial charge in [-0.2, -0.15) is 0 Å². The van der Waals surface area contributed by atoms with Crippen LogP contribution in [-0.4, -0.2) is 17.6 Å². The fourth-order valence-corrected chi connectivity index (χ4v) is 2.21. The first-order chi connectivity index (χ1) is 7.27. The molecule has 1 aromatic rings. The Bertz CT molecular complexity index is 382. The molecule has 0 aliphatic carbocycles. The number of hydrogen-bond acceptors (Lipinski definition) is 3. The zero-order valence-corrected chi connectivity index (χ0v) is 8.95.